The zero-order valence-electron chi connectivity index (χ0n) is 23.4. The monoisotopic (exact) mass is 621 g/mol. The first-order valence-electron chi connectivity index (χ1n) is 13.2. The number of aromatic nitrogens is 2. The molecular formula is C26H35F4N5O6S. The number of rotatable bonds is 6. The second kappa shape index (κ2) is 12.6. The molecule has 2 aliphatic rings. The van der Waals surface area contributed by atoms with E-state index in [0.717, 1.165) is 23.6 Å². The van der Waals surface area contributed by atoms with Crippen LogP contribution in [0.4, 0.5) is 23.2 Å². The average molecular weight is 622 g/mol. The molecule has 2 aliphatic carbocycles. The number of alkyl halides is 3. The second-order valence-corrected chi connectivity index (χ2v) is 12.7. The molecule has 2 atom stereocenters. The summed E-state index contributed by atoms with van der Waals surface area (Å²) < 4.78 is 89.2. The van der Waals surface area contributed by atoms with Crippen LogP contribution in [0.25, 0.3) is 5.69 Å². The van der Waals surface area contributed by atoms with Gasteiger partial charge in [0.25, 0.3) is 16.0 Å². The molecule has 6 N–H and O–H groups in total. The number of carbonyl (C=O) groups excluding carboxylic acids is 2. The van der Waals surface area contributed by atoms with Crippen LogP contribution in [0, 0.1) is 11.2 Å². The zero-order chi connectivity index (χ0) is 31.6. The fourth-order valence-corrected chi connectivity index (χ4v) is 5.27. The van der Waals surface area contributed by atoms with Gasteiger partial charge in [-0.15, -0.1) is 0 Å². The molecule has 0 bridgehead atoms. The van der Waals surface area contributed by atoms with Gasteiger partial charge in [0.05, 0.1) is 35.8 Å². The number of primary amides is 1. The lowest BCUT2D eigenvalue weighted by molar-refractivity contribution is -0.149. The van der Waals surface area contributed by atoms with Crippen molar-refractivity contribution in [1.29, 1.82) is 0 Å². The van der Waals surface area contributed by atoms with E-state index in [-0.39, 0.29) is 35.3 Å². The number of benzene rings is 1. The molecule has 4 rings (SSSR count). The predicted molar refractivity (Wildman–Crippen MR) is 145 cm³/mol. The molecule has 2 aromatic rings. The summed E-state index contributed by atoms with van der Waals surface area (Å²) in [6.07, 6.45) is -0.795. The maximum absolute atomic E-state index is 15.3. The molecule has 1 amide bonds. The maximum Gasteiger partial charge on any atom is 0.435 e. The number of hydrogen-bond donors (Lipinski definition) is 4. The number of hydrogen-bond acceptors (Lipinski definition) is 8. The molecule has 1 heterocycles. The van der Waals surface area contributed by atoms with Crippen LogP contribution in [0.1, 0.15) is 73.3 Å². The molecule has 11 nitrogen and oxygen atoms in total. The van der Waals surface area contributed by atoms with Crippen LogP contribution >= 0.6 is 0 Å². The van der Waals surface area contributed by atoms with Crippen molar-refractivity contribution in [3.05, 3.63) is 40.5 Å². The highest BCUT2D eigenvalue weighted by atomic mass is 32.2. The van der Waals surface area contributed by atoms with Gasteiger partial charge in [0, 0.05) is 17.3 Å². The molecule has 1 aromatic carbocycles. The third-order valence-electron chi connectivity index (χ3n) is 7.12. The van der Waals surface area contributed by atoms with Crippen molar-refractivity contribution in [3.8, 4) is 5.69 Å². The van der Waals surface area contributed by atoms with Gasteiger partial charge in [-0.25, -0.2) is 9.07 Å². The van der Waals surface area contributed by atoms with Crippen molar-refractivity contribution in [3.63, 3.8) is 0 Å². The summed E-state index contributed by atoms with van der Waals surface area (Å²) in [6.45, 7) is 3.61. The number of nitrogens with zero attached hydrogens (tertiary/aromatic N) is 2. The lowest BCUT2D eigenvalue weighted by atomic mass is 9.76. The van der Waals surface area contributed by atoms with Crippen molar-refractivity contribution in [2.75, 3.05) is 18.1 Å². The van der Waals surface area contributed by atoms with Crippen LogP contribution in [0.5, 0.6) is 0 Å². The molecule has 0 saturated heterocycles. The normalized spacial score (nSPS) is 20.1. The first-order chi connectivity index (χ1) is 19.3. The number of anilines is 1. The van der Waals surface area contributed by atoms with Gasteiger partial charge in [-0.2, -0.15) is 26.7 Å². The third-order valence-corrected chi connectivity index (χ3v) is 7.12. The van der Waals surface area contributed by atoms with Crippen LogP contribution in [0.3, 0.4) is 0 Å². The third kappa shape index (κ3) is 8.41. The van der Waals surface area contributed by atoms with E-state index >= 15 is 4.39 Å². The summed E-state index contributed by atoms with van der Waals surface area (Å²) in [5, 5.41) is 6.94. The summed E-state index contributed by atoms with van der Waals surface area (Å²) >= 11 is 0. The number of ether oxygens (including phenoxy) is 1. The molecule has 42 heavy (non-hydrogen) atoms. The summed E-state index contributed by atoms with van der Waals surface area (Å²) in [5.74, 6) is -2.64. The highest BCUT2D eigenvalue weighted by molar-refractivity contribution is 7.85. The molecule has 2 unspecified atom stereocenters. The minimum absolute atomic E-state index is 0.00363. The Morgan fingerprint density at radius 2 is 1.86 bits per heavy atom. The fourth-order valence-electron chi connectivity index (χ4n) is 5.27. The van der Waals surface area contributed by atoms with E-state index in [4.69, 9.17) is 20.8 Å². The Morgan fingerprint density at radius 1 is 1.24 bits per heavy atom. The summed E-state index contributed by atoms with van der Waals surface area (Å²) in [5.41, 5.74) is 9.60. The standard InChI is InChI=1S/C25H31F4N5O3.CH4O3S/c1-24(2)8-7-14-18(11-24)34(33-22(14)25(27,28)29)13-9-15(26)21(23(31)36)17(10-13)32-16-5-3-4-6-19(16)37-20(35)12-30;1-5(2,3)4/h9-10,16,19,32H,3-8,11-12,30H2,1-2H3,(H2,31,36);1H3,(H,2,3,4). The Bertz CT molecular complexity index is 1430. The van der Waals surface area contributed by atoms with Crippen molar-refractivity contribution < 1.29 is 44.9 Å². The van der Waals surface area contributed by atoms with Crippen LogP contribution in [0.2, 0.25) is 0 Å². The number of halogens is 4. The fraction of sp³-hybridized carbons (Fsp3) is 0.577. The van der Waals surface area contributed by atoms with E-state index < -0.39 is 57.4 Å². The van der Waals surface area contributed by atoms with E-state index in [1.165, 1.54) is 6.07 Å². The lowest BCUT2D eigenvalue weighted by Gasteiger charge is -2.33. The summed E-state index contributed by atoms with van der Waals surface area (Å²) in [4.78, 5) is 24.0. The number of nitrogens with two attached hydrogens (primary N) is 2. The van der Waals surface area contributed by atoms with E-state index in [0.29, 0.717) is 37.6 Å². The van der Waals surface area contributed by atoms with Crippen LogP contribution in [-0.4, -0.2) is 59.6 Å². The van der Waals surface area contributed by atoms with Gasteiger partial charge >= 0.3 is 12.1 Å². The van der Waals surface area contributed by atoms with Crippen molar-refractivity contribution >= 4 is 27.7 Å². The largest absolute Gasteiger partial charge is 0.459 e. The molecule has 234 valence electrons. The maximum atomic E-state index is 15.3. The lowest BCUT2D eigenvalue weighted by Crippen LogP contribution is -2.41. The number of nitrogens with one attached hydrogen (secondary N) is 1. The topological polar surface area (TPSA) is 180 Å². The quantitative estimate of drug-likeness (QED) is 0.214. The van der Waals surface area contributed by atoms with Crippen LogP contribution in [-0.2, 0) is 38.7 Å². The number of esters is 1. The number of amides is 1. The Balaban J connectivity index is 0.000000892. The molecule has 0 spiro atoms. The van der Waals surface area contributed by atoms with E-state index in [1.54, 1.807) is 0 Å². The van der Waals surface area contributed by atoms with Gasteiger partial charge in [-0.3, -0.25) is 14.1 Å². The molecule has 16 heteroatoms. The van der Waals surface area contributed by atoms with Crippen LogP contribution < -0.4 is 16.8 Å². The van der Waals surface area contributed by atoms with E-state index in [2.05, 4.69) is 10.4 Å². The van der Waals surface area contributed by atoms with Gasteiger partial charge in [-0.1, -0.05) is 20.3 Å². The molecule has 1 saturated carbocycles. The highest BCUT2D eigenvalue weighted by Gasteiger charge is 2.42. The molecule has 1 fully saturated rings. The molecule has 1 aromatic heterocycles. The van der Waals surface area contributed by atoms with Gasteiger partial charge in [0.15, 0.2) is 5.69 Å². The number of carbonyl (C=O) groups is 2. The Morgan fingerprint density at radius 3 is 2.43 bits per heavy atom. The Kier molecular flexibility index (Phi) is 9.94. The average Bonchev–Trinajstić information content (AvgIpc) is 3.21. The van der Waals surface area contributed by atoms with Gasteiger partial charge in [-0.05, 0) is 50.0 Å². The van der Waals surface area contributed by atoms with Crippen LogP contribution in [0.15, 0.2) is 12.1 Å². The highest BCUT2D eigenvalue weighted by Crippen LogP contribution is 2.42. The van der Waals surface area contributed by atoms with Gasteiger partial charge < -0.3 is 21.5 Å². The first-order valence-corrected chi connectivity index (χ1v) is 15.1. The SMILES string of the molecule is CC1(C)CCc2c(C(F)(F)F)nn(-c3cc(F)c(C(N)=O)c(NC4CCCCC4OC(=O)CN)c3)c2C1.CS(=O)(=O)O. The van der Waals surface area contributed by atoms with E-state index in [9.17, 15) is 31.2 Å². The molecule has 0 aliphatic heterocycles. The summed E-state index contributed by atoms with van der Waals surface area (Å²) in [7, 11) is -3.67. The minimum Gasteiger partial charge on any atom is -0.459 e. The zero-order valence-corrected chi connectivity index (χ0v) is 24.2. The van der Waals surface area contributed by atoms with Crippen molar-refractivity contribution in [1.82, 2.24) is 9.78 Å². The van der Waals surface area contributed by atoms with E-state index in [1.807, 2.05) is 13.8 Å². The molecular weight excluding hydrogens is 586 g/mol. The predicted octanol–water partition coefficient (Wildman–Crippen LogP) is 3.37. The van der Waals surface area contributed by atoms with Gasteiger partial charge in [0.1, 0.15) is 11.9 Å². The Hall–Kier alpha value is -3.24. The second-order valence-electron chi connectivity index (χ2n) is 11.2. The van der Waals surface area contributed by atoms with Crippen molar-refractivity contribution in [2.24, 2.45) is 16.9 Å². The minimum atomic E-state index is -4.67. The number of fused-ring (bicyclic) bond motifs is 1. The van der Waals surface area contributed by atoms with Crippen molar-refractivity contribution in [2.45, 2.75) is 77.1 Å². The first kappa shape index (κ1) is 33.3. The smallest absolute Gasteiger partial charge is 0.435 e. The Labute approximate surface area is 240 Å². The molecule has 0 radical (unpaired) electrons. The van der Waals surface area contributed by atoms with Gasteiger partial charge in [0.2, 0.25) is 0 Å². The summed E-state index contributed by atoms with van der Waals surface area (Å²) in [6, 6.07) is 1.86.